The normalized spacial score (nSPS) is 12.2. The molecule has 2 aromatic carbocycles. The van der Waals surface area contributed by atoms with Crippen LogP contribution in [0.3, 0.4) is 0 Å². The Hall–Kier alpha value is -2.35. The van der Waals surface area contributed by atoms with Crippen molar-refractivity contribution in [3.8, 4) is 0 Å². The quantitative estimate of drug-likeness (QED) is 0.732. The highest BCUT2D eigenvalue weighted by molar-refractivity contribution is 5.91. The van der Waals surface area contributed by atoms with E-state index in [0.717, 1.165) is 18.7 Å². The van der Waals surface area contributed by atoms with Gasteiger partial charge in [0.2, 0.25) is 0 Å². The smallest absolute Gasteiger partial charge is 0.134 e. The Labute approximate surface area is 125 Å². The fourth-order valence-corrected chi connectivity index (χ4v) is 2.57. The molecule has 106 valence electrons. The molecular weight excluding hydrogens is 256 g/mol. The summed E-state index contributed by atoms with van der Waals surface area (Å²) in [7, 11) is 0. The fourth-order valence-electron chi connectivity index (χ4n) is 2.57. The minimum Gasteiger partial charge on any atom is -0.367 e. The lowest BCUT2D eigenvalue weighted by molar-refractivity contribution is 0.704. The van der Waals surface area contributed by atoms with Crippen molar-refractivity contribution < 1.29 is 0 Å². The molecule has 21 heavy (non-hydrogen) atoms. The van der Waals surface area contributed by atoms with Gasteiger partial charge in [-0.1, -0.05) is 54.6 Å². The van der Waals surface area contributed by atoms with Crippen LogP contribution in [0.25, 0.3) is 10.8 Å². The summed E-state index contributed by atoms with van der Waals surface area (Å²) in [5.74, 6) is 0.980. The largest absolute Gasteiger partial charge is 0.367 e. The van der Waals surface area contributed by atoms with Gasteiger partial charge in [-0.3, -0.25) is 0 Å². The number of aromatic nitrogens is 1. The maximum absolute atomic E-state index is 4.49. The maximum atomic E-state index is 4.49. The number of benzene rings is 2. The molecule has 0 aliphatic heterocycles. The van der Waals surface area contributed by atoms with Crippen LogP contribution in [0.4, 0.5) is 5.82 Å². The molecular formula is C19H20N2. The van der Waals surface area contributed by atoms with E-state index in [4.69, 9.17) is 0 Å². The molecule has 0 saturated heterocycles. The summed E-state index contributed by atoms with van der Waals surface area (Å²) < 4.78 is 0. The summed E-state index contributed by atoms with van der Waals surface area (Å²) in [4.78, 5) is 4.49. The molecule has 0 aliphatic carbocycles. The zero-order valence-electron chi connectivity index (χ0n) is 12.3. The van der Waals surface area contributed by atoms with Crippen molar-refractivity contribution >= 4 is 16.6 Å². The summed E-state index contributed by atoms with van der Waals surface area (Å²) in [5.41, 5.74) is 1.39. The van der Waals surface area contributed by atoms with E-state index in [-0.39, 0.29) is 0 Å². The number of nitrogens with one attached hydrogen (secondary N) is 1. The Morgan fingerprint density at radius 2 is 1.71 bits per heavy atom. The fraction of sp³-hybridized carbons (Fsp3) is 0.211. The number of hydrogen-bond donors (Lipinski definition) is 1. The van der Waals surface area contributed by atoms with Crippen molar-refractivity contribution in [2.75, 3.05) is 5.32 Å². The van der Waals surface area contributed by atoms with E-state index in [9.17, 15) is 0 Å². The summed E-state index contributed by atoms with van der Waals surface area (Å²) in [6.45, 7) is 2.21. The first-order chi connectivity index (χ1) is 10.3. The lowest BCUT2D eigenvalue weighted by atomic mass is 10.1. The van der Waals surface area contributed by atoms with Gasteiger partial charge >= 0.3 is 0 Å². The van der Waals surface area contributed by atoms with Crippen LogP contribution in [-0.2, 0) is 6.42 Å². The van der Waals surface area contributed by atoms with Crippen molar-refractivity contribution in [1.82, 2.24) is 4.98 Å². The predicted molar refractivity (Wildman–Crippen MR) is 89.6 cm³/mol. The third-order valence-corrected chi connectivity index (χ3v) is 3.77. The molecule has 3 aromatic rings. The number of anilines is 1. The Morgan fingerprint density at radius 3 is 2.57 bits per heavy atom. The Morgan fingerprint density at radius 1 is 0.952 bits per heavy atom. The minimum absolute atomic E-state index is 0.392. The Kier molecular flexibility index (Phi) is 4.15. The van der Waals surface area contributed by atoms with Crippen LogP contribution >= 0.6 is 0 Å². The number of nitrogens with zero attached hydrogens (tertiary/aromatic N) is 1. The molecule has 0 amide bonds. The molecule has 0 radical (unpaired) electrons. The van der Waals surface area contributed by atoms with Crippen LogP contribution in [0.5, 0.6) is 0 Å². The average Bonchev–Trinajstić information content (AvgIpc) is 2.54. The van der Waals surface area contributed by atoms with E-state index in [1.54, 1.807) is 0 Å². The highest BCUT2D eigenvalue weighted by atomic mass is 15.0. The molecule has 0 saturated carbocycles. The van der Waals surface area contributed by atoms with Crippen molar-refractivity contribution in [1.29, 1.82) is 0 Å². The van der Waals surface area contributed by atoms with Crippen LogP contribution in [0.2, 0.25) is 0 Å². The lowest BCUT2D eigenvalue weighted by Gasteiger charge is -2.16. The number of pyridine rings is 1. The molecule has 0 fully saturated rings. The zero-order valence-corrected chi connectivity index (χ0v) is 12.3. The first-order valence-corrected chi connectivity index (χ1v) is 7.47. The third-order valence-electron chi connectivity index (χ3n) is 3.77. The van der Waals surface area contributed by atoms with E-state index in [0.29, 0.717) is 6.04 Å². The van der Waals surface area contributed by atoms with Gasteiger partial charge in [0.1, 0.15) is 5.82 Å². The van der Waals surface area contributed by atoms with Crippen molar-refractivity contribution in [2.45, 2.75) is 25.8 Å². The molecule has 0 bridgehead atoms. The molecule has 3 rings (SSSR count). The molecule has 1 atom stereocenters. The first kappa shape index (κ1) is 13.6. The van der Waals surface area contributed by atoms with E-state index < -0.39 is 0 Å². The molecule has 1 unspecified atom stereocenters. The van der Waals surface area contributed by atoms with E-state index in [1.165, 1.54) is 16.3 Å². The van der Waals surface area contributed by atoms with Gasteiger partial charge in [0, 0.05) is 17.6 Å². The van der Waals surface area contributed by atoms with Crippen LogP contribution in [0, 0.1) is 0 Å². The standard InChI is InChI=1S/C19H20N2/c1-15(11-12-16-7-3-2-4-8-16)21-19-18-10-6-5-9-17(18)13-14-20-19/h2-10,13-15H,11-12H2,1H3,(H,20,21). The molecule has 2 heteroatoms. The average molecular weight is 276 g/mol. The minimum atomic E-state index is 0.392. The molecule has 2 nitrogen and oxygen atoms in total. The number of fused-ring (bicyclic) bond motifs is 1. The third kappa shape index (κ3) is 3.40. The molecule has 1 aromatic heterocycles. The van der Waals surface area contributed by atoms with Gasteiger partial charge in [0.15, 0.2) is 0 Å². The van der Waals surface area contributed by atoms with Gasteiger partial charge in [-0.15, -0.1) is 0 Å². The maximum Gasteiger partial charge on any atom is 0.134 e. The topological polar surface area (TPSA) is 24.9 Å². The van der Waals surface area contributed by atoms with Gasteiger partial charge < -0.3 is 5.32 Å². The SMILES string of the molecule is CC(CCc1ccccc1)Nc1nccc2ccccc12. The number of aryl methyl sites for hydroxylation is 1. The Bertz CT molecular complexity index is 702. The van der Waals surface area contributed by atoms with E-state index in [1.807, 2.05) is 6.20 Å². The Balaban J connectivity index is 1.67. The first-order valence-electron chi connectivity index (χ1n) is 7.47. The van der Waals surface area contributed by atoms with Crippen molar-refractivity contribution in [3.63, 3.8) is 0 Å². The van der Waals surface area contributed by atoms with Gasteiger partial charge in [-0.2, -0.15) is 0 Å². The highest BCUT2D eigenvalue weighted by Crippen LogP contribution is 2.21. The van der Waals surface area contributed by atoms with Gasteiger partial charge in [-0.25, -0.2) is 4.98 Å². The number of hydrogen-bond acceptors (Lipinski definition) is 2. The van der Waals surface area contributed by atoms with Crippen LogP contribution in [0.15, 0.2) is 66.9 Å². The summed E-state index contributed by atoms with van der Waals surface area (Å²) >= 11 is 0. The van der Waals surface area contributed by atoms with Crippen LogP contribution in [0.1, 0.15) is 18.9 Å². The monoisotopic (exact) mass is 276 g/mol. The predicted octanol–water partition coefficient (Wildman–Crippen LogP) is 4.67. The molecule has 0 aliphatic rings. The highest BCUT2D eigenvalue weighted by Gasteiger charge is 2.06. The van der Waals surface area contributed by atoms with Crippen molar-refractivity contribution in [2.24, 2.45) is 0 Å². The van der Waals surface area contributed by atoms with Gasteiger partial charge in [0.05, 0.1) is 0 Å². The summed E-state index contributed by atoms with van der Waals surface area (Å²) in [6.07, 6.45) is 4.04. The van der Waals surface area contributed by atoms with Gasteiger partial charge in [-0.05, 0) is 36.8 Å². The summed E-state index contributed by atoms with van der Waals surface area (Å²) in [6, 6.07) is 21.4. The van der Waals surface area contributed by atoms with E-state index in [2.05, 4.69) is 77.9 Å². The second-order valence-corrected chi connectivity index (χ2v) is 5.45. The second kappa shape index (κ2) is 6.40. The lowest BCUT2D eigenvalue weighted by Crippen LogP contribution is -2.17. The second-order valence-electron chi connectivity index (χ2n) is 5.45. The van der Waals surface area contributed by atoms with Gasteiger partial charge in [0.25, 0.3) is 0 Å². The molecule has 0 spiro atoms. The van der Waals surface area contributed by atoms with Crippen LogP contribution < -0.4 is 5.32 Å². The van der Waals surface area contributed by atoms with Crippen molar-refractivity contribution in [3.05, 3.63) is 72.4 Å². The van der Waals surface area contributed by atoms with E-state index >= 15 is 0 Å². The van der Waals surface area contributed by atoms with Crippen LogP contribution in [-0.4, -0.2) is 11.0 Å². The zero-order chi connectivity index (χ0) is 14.5. The summed E-state index contributed by atoms with van der Waals surface area (Å²) in [5, 5.41) is 5.96. The molecule has 1 N–H and O–H groups in total. The molecule has 1 heterocycles. The number of rotatable bonds is 5.